The van der Waals surface area contributed by atoms with Crippen molar-refractivity contribution in [1.29, 1.82) is 0 Å². The first-order chi connectivity index (χ1) is 14.3. The van der Waals surface area contributed by atoms with Gasteiger partial charge in [-0.25, -0.2) is 9.59 Å². The summed E-state index contributed by atoms with van der Waals surface area (Å²) in [4.78, 5) is 47.1. The highest BCUT2D eigenvalue weighted by atomic mass is 16.6. The van der Waals surface area contributed by atoms with Gasteiger partial charge in [0, 0.05) is 17.5 Å². The Morgan fingerprint density at radius 1 is 1.17 bits per heavy atom. The van der Waals surface area contributed by atoms with Gasteiger partial charge in [-0.15, -0.1) is 0 Å². The van der Waals surface area contributed by atoms with E-state index in [-0.39, 0.29) is 22.7 Å². The fourth-order valence-electron chi connectivity index (χ4n) is 2.62. The number of nitrogens with one attached hydrogen (secondary N) is 1. The lowest BCUT2D eigenvalue weighted by Gasteiger charge is -2.15. The quantitative estimate of drug-likeness (QED) is 0.282. The van der Waals surface area contributed by atoms with Gasteiger partial charge in [0.25, 0.3) is 11.6 Å². The molecule has 1 N–H and O–H groups in total. The molecule has 0 saturated carbocycles. The summed E-state index contributed by atoms with van der Waals surface area (Å²) in [5, 5.41) is 13.9. The number of fused-ring (bicyclic) bond motifs is 1. The van der Waals surface area contributed by atoms with Crippen LogP contribution in [0.15, 0.2) is 57.7 Å². The average molecular weight is 412 g/mol. The Hall–Kier alpha value is -4.21. The van der Waals surface area contributed by atoms with Crippen LogP contribution in [0.3, 0.4) is 0 Å². The number of amides is 1. The molecular formula is C20H16N2O8. The van der Waals surface area contributed by atoms with Crippen LogP contribution in [0.1, 0.15) is 17.3 Å². The first kappa shape index (κ1) is 20.5. The number of benzene rings is 2. The molecule has 1 heterocycles. The van der Waals surface area contributed by atoms with Crippen LogP contribution in [0, 0.1) is 10.1 Å². The maximum atomic E-state index is 12.4. The molecule has 0 aliphatic rings. The van der Waals surface area contributed by atoms with Gasteiger partial charge in [0.05, 0.1) is 17.7 Å². The summed E-state index contributed by atoms with van der Waals surface area (Å²) in [5.41, 5.74) is -1.18. The summed E-state index contributed by atoms with van der Waals surface area (Å²) < 4.78 is 15.2. The van der Waals surface area contributed by atoms with Gasteiger partial charge in [-0.2, -0.15) is 0 Å². The fraction of sp³-hybridized carbons (Fsp3) is 0.150. The molecule has 0 unspecified atom stereocenters. The average Bonchev–Trinajstić information content (AvgIpc) is 2.72. The lowest BCUT2D eigenvalue weighted by atomic mass is 10.2. The summed E-state index contributed by atoms with van der Waals surface area (Å²) in [6.45, 7) is 1.29. The molecule has 0 spiro atoms. The van der Waals surface area contributed by atoms with E-state index in [0.29, 0.717) is 11.0 Å². The Morgan fingerprint density at radius 2 is 1.90 bits per heavy atom. The summed E-state index contributed by atoms with van der Waals surface area (Å²) >= 11 is 0. The first-order valence-electron chi connectivity index (χ1n) is 8.67. The van der Waals surface area contributed by atoms with Crippen molar-refractivity contribution in [2.75, 3.05) is 12.4 Å². The molecular weight excluding hydrogens is 396 g/mol. The predicted octanol–water partition coefficient (Wildman–Crippen LogP) is 2.89. The van der Waals surface area contributed by atoms with E-state index in [1.54, 1.807) is 24.3 Å². The molecule has 30 heavy (non-hydrogen) atoms. The Morgan fingerprint density at radius 3 is 2.60 bits per heavy atom. The van der Waals surface area contributed by atoms with Crippen molar-refractivity contribution >= 4 is 34.2 Å². The normalized spacial score (nSPS) is 11.5. The number of ether oxygens (including phenoxy) is 2. The predicted molar refractivity (Wildman–Crippen MR) is 106 cm³/mol. The third-order valence-electron chi connectivity index (χ3n) is 4.17. The third-order valence-corrected chi connectivity index (χ3v) is 4.17. The maximum absolute atomic E-state index is 12.4. The number of methoxy groups -OCH3 is 1. The number of hydrogen-bond acceptors (Lipinski definition) is 8. The maximum Gasteiger partial charge on any atom is 0.351 e. The van der Waals surface area contributed by atoms with Crippen LogP contribution < -0.4 is 15.7 Å². The van der Waals surface area contributed by atoms with Gasteiger partial charge < -0.3 is 19.2 Å². The van der Waals surface area contributed by atoms with Gasteiger partial charge in [0.1, 0.15) is 16.9 Å². The molecule has 10 heteroatoms. The highest BCUT2D eigenvalue weighted by Gasteiger charge is 2.23. The van der Waals surface area contributed by atoms with E-state index < -0.39 is 28.5 Å². The minimum absolute atomic E-state index is 0.0322. The van der Waals surface area contributed by atoms with Gasteiger partial charge in [0.15, 0.2) is 6.10 Å². The van der Waals surface area contributed by atoms with Crippen LogP contribution in [0.5, 0.6) is 5.75 Å². The molecule has 10 nitrogen and oxygen atoms in total. The van der Waals surface area contributed by atoms with Crippen molar-refractivity contribution in [3.8, 4) is 5.75 Å². The molecule has 3 aromatic rings. The number of hydrogen-bond donors (Lipinski definition) is 1. The smallest absolute Gasteiger partial charge is 0.351 e. The third kappa shape index (κ3) is 4.27. The number of rotatable bonds is 6. The SMILES string of the molecule is COc1ccc([N+](=O)[O-])cc1NC(=O)[C@@H](C)OC(=O)c1cc2ccccc2oc1=O. The number of carbonyl (C=O) groups excluding carboxylic acids is 2. The summed E-state index contributed by atoms with van der Waals surface area (Å²) in [5.74, 6) is -1.63. The molecule has 0 aliphatic heterocycles. The standard InChI is InChI=1S/C20H16N2O8/c1-11(18(23)21-15-10-13(22(26)27)7-8-17(15)28-2)29-19(24)14-9-12-5-3-4-6-16(12)30-20(14)25/h3-11H,1-2H3,(H,21,23)/t11-/m1/s1. The van der Waals surface area contributed by atoms with E-state index in [1.807, 2.05) is 0 Å². The van der Waals surface area contributed by atoms with Crippen LogP contribution in [0.25, 0.3) is 11.0 Å². The number of non-ortho nitro benzene ring substituents is 1. The molecule has 2 aromatic carbocycles. The Bertz CT molecular complexity index is 1200. The molecule has 154 valence electrons. The topological polar surface area (TPSA) is 138 Å². The molecule has 1 atom stereocenters. The molecule has 3 rings (SSSR count). The zero-order chi connectivity index (χ0) is 21.8. The monoisotopic (exact) mass is 412 g/mol. The molecule has 0 saturated heterocycles. The summed E-state index contributed by atoms with van der Waals surface area (Å²) in [7, 11) is 1.33. The van der Waals surface area contributed by atoms with Gasteiger partial charge in [-0.05, 0) is 25.1 Å². The highest BCUT2D eigenvalue weighted by molar-refractivity contribution is 5.99. The summed E-state index contributed by atoms with van der Waals surface area (Å²) in [6.07, 6.45) is -1.31. The van der Waals surface area contributed by atoms with Crippen molar-refractivity contribution in [1.82, 2.24) is 0 Å². The highest BCUT2D eigenvalue weighted by Crippen LogP contribution is 2.29. The van der Waals surface area contributed by atoms with Crippen molar-refractivity contribution in [3.05, 3.63) is 74.6 Å². The Balaban J connectivity index is 1.77. The molecule has 1 amide bonds. The molecule has 0 radical (unpaired) electrons. The second-order valence-electron chi connectivity index (χ2n) is 6.16. The van der Waals surface area contributed by atoms with Crippen LogP contribution in [0.2, 0.25) is 0 Å². The Labute approximate surface area is 169 Å². The largest absolute Gasteiger partial charge is 0.495 e. The van der Waals surface area contributed by atoms with Gasteiger partial charge >= 0.3 is 11.6 Å². The van der Waals surface area contributed by atoms with Crippen LogP contribution in [0.4, 0.5) is 11.4 Å². The van der Waals surface area contributed by atoms with E-state index >= 15 is 0 Å². The fourth-order valence-corrected chi connectivity index (χ4v) is 2.62. The Kier molecular flexibility index (Phi) is 5.77. The summed E-state index contributed by atoms with van der Waals surface area (Å²) in [6, 6.07) is 11.6. The minimum Gasteiger partial charge on any atom is -0.495 e. The van der Waals surface area contributed by atoms with Crippen molar-refractivity contribution in [2.45, 2.75) is 13.0 Å². The molecule has 0 bridgehead atoms. The number of nitrogens with zero attached hydrogens (tertiary/aromatic N) is 1. The van der Waals surface area contributed by atoms with Crippen molar-refractivity contribution < 1.29 is 28.4 Å². The van der Waals surface area contributed by atoms with Gasteiger partial charge in [0.2, 0.25) is 0 Å². The number of carbonyl (C=O) groups is 2. The van der Waals surface area contributed by atoms with E-state index in [2.05, 4.69) is 5.32 Å². The zero-order valence-corrected chi connectivity index (χ0v) is 15.9. The van der Waals surface area contributed by atoms with Gasteiger partial charge in [-0.1, -0.05) is 18.2 Å². The van der Waals surface area contributed by atoms with Gasteiger partial charge in [-0.3, -0.25) is 14.9 Å². The minimum atomic E-state index is -1.31. The molecule has 1 aromatic heterocycles. The van der Waals surface area contributed by atoms with Crippen LogP contribution >= 0.6 is 0 Å². The van der Waals surface area contributed by atoms with Crippen molar-refractivity contribution in [3.63, 3.8) is 0 Å². The molecule has 0 fully saturated rings. The van der Waals surface area contributed by atoms with E-state index in [9.17, 15) is 24.5 Å². The number of anilines is 1. The number of esters is 1. The lowest BCUT2D eigenvalue weighted by molar-refractivity contribution is -0.384. The zero-order valence-electron chi connectivity index (χ0n) is 15.9. The van der Waals surface area contributed by atoms with E-state index in [4.69, 9.17) is 13.9 Å². The number of nitro benzene ring substituents is 1. The second-order valence-corrected chi connectivity index (χ2v) is 6.16. The van der Waals surface area contributed by atoms with E-state index in [0.717, 1.165) is 6.07 Å². The number of para-hydroxylation sites is 1. The van der Waals surface area contributed by atoms with Crippen LogP contribution in [-0.2, 0) is 9.53 Å². The first-order valence-corrected chi connectivity index (χ1v) is 8.67. The lowest BCUT2D eigenvalue weighted by Crippen LogP contribution is -2.31. The number of nitro groups is 1. The van der Waals surface area contributed by atoms with Crippen LogP contribution in [-0.4, -0.2) is 30.0 Å². The van der Waals surface area contributed by atoms with Crippen molar-refractivity contribution in [2.24, 2.45) is 0 Å². The van der Waals surface area contributed by atoms with E-state index in [1.165, 1.54) is 32.2 Å². The molecule has 0 aliphatic carbocycles. The second kappa shape index (κ2) is 8.43.